The predicted molar refractivity (Wildman–Crippen MR) is 79.3 cm³/mol. The molecule has 0 amide bonds. The van der Waals surface area contributed by atoms with Crippen LogP contribution in [0.1, 0.15) is 0 Å². The van der Waals surface area contributed by atoms with Crippen molar-refractivity contribution in [1.82, 2.24) is 0 Å². The summed E-state index contributed by atoms with van der Waals surface area (Å²) in [6.07, 6.45) is 0. The number of nitrogen functional groups attached to an aromatic ring is 4. The highest BCUT2D eigenvalue weighted by molar-refractivity contribution is 7.86. The van der Waals surface area contributed by atoms with Crippen LogP contribution in [0.15, 0.2) is 35.2 Å². The van der Waals surface area contributed by atoms with Crippen LogP contribution in [0.2, 0.25) is 0 Å². The summed E-state index contributed by atoms with van der Waals surface area (Å²) in [5, 5.41) is 0. The van der Waals surface area contributed by atoms with Gasteiger partial charge in [-0.3, -0.25) is 4.55 Å². The number of hydrogen-bond donors (Lipinski definition) is 5. The standard InChI is InChI=1S/C12H14N4O3S/c13-8-2-1-6(3-9(8)14)7-4-10(15)12(16)11(5-7)20(17,18)19/h1-5H,13-16H2,(H,17,18,19). The quantitative estimate of drug-likeness (QED) is 0.407. The maximum absolute atomic E-state index is 11.3. The van der Waals surface area contributed by atoms with Gasteiger partial charge in [-0.15, -0.1) is 0 Å². The minimum absolute atomic E-state index is 0.0468. The summed E-state index contributed by atoms with van der Waals surface area (Å²) in [5.74, 6) is 0. The summed E-state index contributed by atoms with van der Waals surface area (Å²) in [6.45, 7) is 0. The van der Waals surface area contributed by atoms with Crippen LogP contribution in [0.3, 0.4) is 0 Å². The highest BCUT2D eigenvalue weighted by atomic mass is 32.2. The molecule has 2 rings (SSSR count). The Bertz CT molecular complexity index is 788. The summed E-state index contributed by atoms with van der Waals surface area (Å²) >= 11 is 0. The minimum Gasteiger partial charge on any atom is -0.397 e. The second-order valence-electron chi connectivity index (χ2n) is 4.30. The van der Waals surface area contributed by atoms with Gasteiger partial charge in [-0.05, 0) is 35.4 Å². The molecule has 0 saturated carbocycles. The molecule has 0 aliphatic carbocycles. The van der Waals surface area contributed by atoms with Gasteiger partial charge < -0.3 is 22.9 Å². The molecule has 2 aromatic rings. The third-order valence-corrected chi connectivity index (χ3v) is 3.77. The molecular weight excluding hydrogens is 280 g/mol. The smallest absolute Gasteiger partial charge is 0.296 e. The molecule has 0 saturated heterocycles. The molecule has 0 fully saturated rings. The molecule has 0 heterocycles. The molecule has 0 unspecified atom stereocenters. The largest absolute Gasteiger partial charge is 0.397 e. The zero-order valence-corrected chi connectivity index (χ0v) is 11.2. The van der Waals surface area contributed by atoms with Gasteiger partial charge >= 0.3 is 0 Å². The summed E-state index contributed by atoms with van der Waals surface area (Å²) in [6, 6.07) is 7.55. The first kappa shape index (κ1) is 14.0. The fraction of sp³-hybridized carbons (Fsp3) is 0. The van der Waals surface area contributed by atoms with E-state index in [9.17, 15) is 8.42 Å². The van der Waals surface area contributed by atoms with Crippen LogP contribution in [0.25, 0.3) is 11.1 Å². The Hall–Kier alpha value is -2.45. The van der Waals surface area contributed by atoms with Gasteiger partial charge in [0.1, 0.15) is 4.90 Å². The van der Waals surface area contributed by atoms with Crippen LogP contribution in [-0.2, 0) is 10.1 Å². The number of rotatable bonds is 2. The Morgan fingerprint density at radius 1 is 0.800 bits per heavy atom. The van der Waals surface area contributed by atoms with E-state index in [0.29, 0.717) is 22.5 Å². The molecule has 0 aliphatic heterocycles. The monoisotopic (exact) mass is 294 g/mol. The average Bonchev–Trinajstić information content (AvgIpc) is 2.34. The molecule has 8 heteroatoms. The topological polar surface area (TPSA) is 158 Å². The molecule has 7 nitrogen and oxygen atoms in total. The number of hydrogen-bond acceptors (Lipinski definition) is 6. The van der Waals surface area contributed by atoms with Gasteiger partial charge in [0.25, 0.3) is 10.1 Å². The van der Waals surface area contributed by atoms with E-state index < -0.39 is 15.0 Å². The lowest BCUT2D eigenvalue weighted by atomic mass is 10.0. The molecule has 0 bridgehead atoms. The van der Waals surface area contributed by atoms with Crippen molar-refractivity contribution in [2.24, 2.45) is 0 Å². The summed E-state index contributed by atoms with van der Waals surface area (Å²) in [4.78, 5) is -0.442. The van der Waals surface area contributed by atoms with E-state index in [2.05, 4.69) is 0 Å². The fourth-order valence-electron chi connectivity index (χ4n) is 1.78. The van der Waals surface area contributed by atoms with E-state index in [1.165, 1.54) is 12.1 Å². The molecule has 2 aromatic carbocycles. The summed E-state index contributed by atoms with van der Waals surface area (Å²) in [5.41, 5.74) is 24.2. The van der Waals surface area contributed by atoms with Crippen molar-refractivity contribution in [2.45, 2.75) is 4.90 Å². The van der Waals surface area contributed by atoms with E-state index >= 15 is 0 Å². The zero-order valence-electron chi connectivity index (χ0n) is 10.4. The summed E-state index contributed by atoms with van der Waals surface area (Å²) in [7, 11) is -4.47. The molecule has 0 aromatic heterocycles. The van der Waals surface area contributed by atoms with Crippen molar-refractivity contribution in [2.75, 3.05) is 22.9 Å². The lowest BCUT2D eigenvalue weighted by molar-refractivity contribution is 0.483. The van der Waals surface area contributed by atoms with Gasteiger partial charge in [0, 0.05) is 0 Å². The van der Waals surface area contributed by atoms with Crippen molar-refractivity contribution in [3.8, 4) is 11.1 Å². The molecule has 0 aliphatic rings. The highest BCUT2D eigenvalue weighted by Crippen LogP contribution is 2.33. The molecule has 0 spiro atoms. The van der Waals surface area contributed by atoms with Gasteiger partial charge in [0.15, 0.2) is 0 Å². The normalized spacial score (nSPS) is 11.4. The van der Waals surface area contributed by atoms with Crippen molar-refractivity contribution in [3.63, 3.8) is 0 Å². The highest BCUT2D eigenvalue weighted by Gasteiger charge is 2.18. The first-order valence-electron chi connectivity index (χ1n) is 5.52. The van der Waals surface area contributed by atoms with Crippen LogP contribution in [-0.4, -0.2) is 13.0 Å². The molecule has 0 radical (unpaired) electrons. The maximum atomic E-state index is 11.3. The van der Waals surface area contributed by atoms with Gasteiger partial charge in [-0.2, -0.15) is 8.42 Å². The van der Waals surface area contributed by atoms with Gasteiger partial charge in [-0.25, -0.2) is 0 Å². The zero-order chi connectivity index (χ0) is 15.1. The van der Waals surface area contributed by atoms with Gasteiger partial charge in [0.05, 0.1) is 22.7 Å². The molecule has 9 N–H and O–H groups in total. The third-order valence-electron chi connectivity index (χ3n) is 2.87. The van der Waals surface area contributed by atoms with Crippen LogP contribution in [0.4, 0.5) is 22.7 Å². The fourth-order valence-corrected chi connectivity index (χ4v) is 2.45. The Labute approximate surface area is 115 Å². The van der Waals surface area contributed by atoms with Crippen LogP contribution in [0, 0.1) is 0 Å². The van der Waals surface area contributed by atoms with E-state index in [1.54, 1.807) is 18.2 Å². The van der Waals surface area contributed by atoms with Crippen molar-refractivity contribution in [3.05, 3.63) is 30.3 Å². The second-order valence-corrected chi connectivity index (χ2v) is 5.69. The van der Waals surface area contributed by atoms with Crippen molar-refractivity contribution in [1.29, 1.82) is 0 Å². The third kappa shape index (κ3) is 2.46. The van der Waals surface area contributed by atoms with Crippen LogP contribution >= 0.6 is 0 Å². The number of nitrogens with two attached hydrogens (primary N) is 4. The first-order valence-corrected chi connectivity index (χ1v) is 6.96. The molecule has 20 heavy (non-hydrogen) atoms. The molecular formula is C12H14N4O3S. The van der Waals surface area contributed by atoms with E-state index in [-0.39, 0.29) is 11.4 Å². The van der Waals surface area contributed by atoms with Crippen molar-refractivity contribution >= 4 is 32.9 Å². The predicted octanol–water partition coefficient (Wildman–Crippen LogP) is 0.929. The van der Waals surface area contributed by atoms with E-state index in [0.717, 1.165) is 0 Å². The van der Waals surface area contributed by atoms with Crippen molar-refractivity contribution < 1.29 is 13.0 Å². The Balaban J connectivity index is 2.70. The van der Waals surface area contributed by atoms with Crippen LogP contribution < -0.4 is 22.9 Å². The van der Waals surface area contributed by atoms with E-state index in [4.69, 9.17) is 27.5 Å². The Morgan fingerprint density at radius 3 is 1.95 bits per heavy atom. The maximum Gasteiger partial charge on any atom is 0.296 e. The SMILES string of the molecule is Nc1ccc(-c2cc(N)c(N)c(S(=O)(=O)O)c2)cc1N. The minimum atomic E-state index is -4.47. The second kappa shape index (κ2) is 4.58. The average molecular weight is 294 g/mol. The van der Waals surface area contributed by atoms with E-state index in [1.807, 2.05) is 0 Å². The van der Waals surface area contributed by atoms with Gasteiger partial charge in [0.2, 0.25) is 0 Å². The number of anilines is 4. The first-order chi connectivity index (χ1) is 9.20. The lowest BCUT2D eigenvalue weighted by Crippen LogP contribution is -2.06. The van der Waals surface area contributed by atoms with Gasteiger partial charge in [-0.1, -0.05) is 6.07 Å². The molecule has 106 valence electrons. The lowest BCUT2D eigenvalue weighted by Gasteiger charge is -2.11. The summed E-state index contributed by atoms with van der Waals surface area (Å²) < 4.78 is 31.7. The Kier molecular flexibility index (Phi) is 3.20. The number of benzene rings is 2. The molecule has 0 atom stereocenters. The van der Waals surface area contributed by atoms with Crippen LogP contribution in [0.5, 0.6) is 0 Å². The Morgan fingerprint density at radius 2 is 1.40 bits per heavy atom.